The molecule has 0 aromatic heterocycles. The van der Waals surface area contributed by atoms with Gasteiger partial charge in [0, 0.05) is 5.56 Å². The molecule has 0 aliphatic rings. The van der Waals surface area contributed by atoms with Crippen LogP contribution in [-0.2, 0) is 10.0 Å². The van der Waals surface area contributed by atoms with Crippen LogP contribution in [0.1, 0.15) is 40.9 Å². The largest absolute Gasteiger partial charge is 0.345 e. The molecule has 0 fully saturated rings. The minimum Gasteiger partial charge on any atom is -0.345 e. The summed E-state index contributed by atoms with van der Waals surface area (Å²) >= 11 is 0. The molecule has 3 aromatic rings. The number of carbonyl (C=O) groups excluding carboxylic acids is 1. The van der Waals surface area contributed by atoms with Crippen molar-refractivity contribution in [2.24, 2.45) is 0 Å². The normalized spacial score (nSPS) is 12.1. The Balaban J connectivity index is 1.83. The Morgan fingerprint density at radius 2 is 1.62 bits per heavy atom. The number of sulfonamides is 1. The first-order valence-electron chi connectivity index (χ1n) is 10.5. The third-order valence-corrected chi connectivity index (χ3v) is 7.13. The summed E-state index contributed by atoms with van der Waals surface area (Å²) in [4.78, 5) is 13.1. The van der Waals surface area contributed by atoms with Crippen molar-refractivity contribution in [2.45, 2.75) is 31.2 Å². The summed E-state index contributed by atoms with van der Waals surface area (Å²) in [6.07, 6.45) is 2.30. The Bertz CT molecular complexity index is 1170. The van der Waals surface area contributed by atoms with Crippen LogP contribution in [0.3, 0.4) is 0 Å². The first kappa shape index (κ1) is 23.3. The molecule has 6 heteroatoms. The zero-order chi connectivity index (χ0) is 23.1. The third-order valence-electron chi connectivity index (χ3n) is 5.32. The van der Waals surface area contributed by atoms with Crippen molar-refractivity contribution in [1.29, 1.82) is 0 Å². The van der Waals surface area contributed by atoms with E-state index in [1.165, 1.54) is 10.4 Å². The van der Waals surface area contributed by atoms with E-state index in [1.807, 2.05) is 38.1 Å². The van der Waals surface area contributed by atoms with Gasteiger partial charge in [-0.25, -0.2) is 8.42 Å². The maximum absolute atomic E-state index is 13.1. The standard InChI is InChI=1S/C26H28N2O3S/c1-4-19-28(32(30,31)23-12-7-6-8-13-23)22-17-15-21(16-18-22)26(29)27-25(5-2)24-14-10-9-11-20(24)3/h4,6-18,25H,1,5,19H2,2-3H3,(H,27,29)/t25-/m1/s1. The van der Waals surface area contributed by atoms with Crippen LogP contribution >= 0.6 is 0 Å². The Morgan fingerprint density at radius 1 is 1.00 bits per heavy atom. The highest BCUT2D eigenvalue weighted by Crippen LogP contribution is 2.25. The molecule has 0 radical (unpaired) electrons. The van der Waals surface area contributed by atoms with Gasteiger partial charge in [-0.3, -0.25) is 9.10 Å². The van der Waals surface area contributed by atoms with Crippen LogP contribution in [0.4, 0.5) is 5.69 Å². The second-order valence-corrected chi connectivity index (χ2v) is 9.34. The van der Waals surface area contributed by atoms with Crippen molar-refractivity contribution in [3.05, 3.63) is 108 Å². The fourth-order valence-electron chi connectivity index (χ4n) is 3.58. The molecule has 0 bridgehead atoms. The molecule has 0 unspecified atom stereocenters. The van der Waals surface area contributed by atoms with E-state index in [0.717, 1.165) is 17.5 Å². The Hall–Kier alpha value is -3.38. The molecule has 1 N–H and O–H groups in total. The van der Waals surface area contributed by atoms with Crippen LogP contribution in [-0.4, -0.2) is 20.9 Å². The summed E-state index contributed by atoms with van der Waals surface area (Å²) in [6, 6.07) is 22.7. The van der Waals surface area contributed by atoms with E-state index in [9.17, 15) is 13.2 Å². The van der Waals surface area contributed by atoms with Crippen LogP contribution in [0.5, 0.6) is 0 Å². The van der Waals surface area contributed by atoms with Crippen molar-refractivity contribution in [3.8, 4) is 0 Å². The second-order valence-electron chi connectivity index (χ2n) is 7.48. The highest BCUT2D eigenvalue weighted by molar-refractivity contribution is 7.92. The van der Waals surface area contributed by atoms with Crippen LogP contribution in [0.2, 0.25) is 0 Å². The van der Waals surface area contributed by atoms with Crippen molar-refractivity contribution < 1.29 is 13.2 Å². The lowest BCUT2D eigenvalue weighted by Gasteiger charge is -2.23. The minimum absolute atomic E-state index is 0.0981. The lowest BCUT2D eigenvalue weighted by Crippen LogP contribution is -2.31. The zero-order valence-corrected chi connectivity index (χ0v) is 19.2. The molecule has 1 atom stereocenters. The summed E-state index contributed by atoms with van der Waals surface area (Å²) in [6.45, 7) is 7.86. The lowest BCUT2D eigenvalue weighted by molar-refractivity contribution is 0.0935. The van der Waals surface area contributed by atoms with Gasteiger partial charge in [0.2, 0.25) is 0 Å². The molecule has 3 rings (SSSR count). The highest BCUT2D eigenvalue weighted by Gasteiger charge is 2.24. The van der Waals surface area contributed by atoms with Gasteiger partial charge in [0.05, 0.1) is 23.2 Å². The number of hydrogen-bond acceptors (Lipinski definition) is 3. The van der Waals surface area contributed by atoms with Gasteiger partial charge in [0.15, 0.2) is 0 Å². The summed E-state index contributed by atoms with van der Waals surface area (Å²) in [5.74, 6) is -0.201. The molecule has 0 aliphatic heterocycles. The van der Waals surface area contributed by atoms with Crippen LogP contribution in [0.15, 0.2) is 96.4 Å². The van der Waals surface area contributed by atoms with Crippen molar-refractivity contribution in [2.75, 3.05) is 10.8 Å². The third kappa shape index (κ3) is 5.08. The zero-order valence-electron chi connectivity index (χ0n) is 18.4. The fraction of sp³-hybridized carbons (Fsp3) is 0.192. The number of benzene rings is 3. The summed E-state index contributed by atoms with van der Waals surface area (Å²) in [5, 5.41) is 3.08. The molecule has 0 saturated heterocycles. The van der Waals surface area contributed by atoms with Gasteiger partial charge in [0.1, 0.15) is 0 Å². The van der Waals surface area contributed by atoms with Gasteiger partial charge in [0.25, 0.3) is 15.9 Å². The predicted molar refractivity (Wildman–Crippen MR) is 129 cm³/mol. The smallest absolute Gasteiger partial charge is 0.264 e. The molecule has 0 aliphatic carbocycles. The van der Waals surface area contributed by atoms with Gasteiger partial charge < -0.3 is 5.32 Å². The number of nitrogens with zero attached hydrogens (tertiary/aromatic N) is 1. The van der Waals surface area contributed by atoms with Crippen LogP contribution < -0.4 is 9.62 Å². The van der Waals surface area contributed by atoms with E-state index in [0.29, 0.717) is 11.3 Å². The molecular weight excluding hydrogens is 420 g/mol. The number of aryl methyl sites for hydroxylation is 1. The van der Waals surface area contributed by atoms with Crippen molar-refractivity contribution >= 4 is 21.6 Å². The van der Waals surface area contributed by atoms with Gasteiger partial charge in [-0.1, -0.05) is 55.5 Å². The average Bonchev–Trinajstić information content (AvgIpc) is 2.82. The van der Waals surface area contributed by atoms with Gasteiger partial charge >= 0.3 is 0 Å². The highest BCUT2D eigenvalue weighted by atomic mass is 32.2. The number of anilines is 1. The molecule has 0 saturated carbocycles. The number of carbonyl (C=O) groups is 1. The first-order chi connectivity index (χ1) is 15.4. The number of nitrogens with one attached hydrogen (secondary N) is 1. The van der Waals surface area contributed by atoms with Crippen LogP contribution in [0, 0.1) is 6.92 Å². The second kappa shape index (κ2) is 10.3. The fourth-order valence-corrected chi connectivity index (χ4v) is 5.03. The molecule has 0 heterocycles. The quantitative estimate of drug-likeness (QED) is 0.454. The Morgan fingerprint density at radius 3 is 2.22 bits per heavy atom. The van der Waals surface area contributed by atoms with E-state index in [-0.39, 0.29) is 23.4 Å². The van der Waals surface area contributed by atoms with E-state index in [4.69, 9.17) is 0 Å². The molecule has 166 valence electrons. The van der Waals surface area contributed by atoms with Gasteiger partial charge in [-0.05, 0) is 60.9 Å². The first-order valence-corrected chi connectivity index (χ1v) is 12.0. The molecule has 32 heavy (non-hydrogen) atoms. The average molecular weight is 449 g/mol. The van der Waals surface area contributed by atoms with Gasteiger partial charge in [-0.15, -0.1) is 6.58 Å². The van der Waals surface area contributed by atoms with E-state index >= 15 is 0 Å². The summed E-state index contributed by atoms with van der Waals surface area (Å²) in [5.41, 5.74) is 3.15. The number of rotatable bonds is 9. The maximum Gasteiger partial charge on any atom is 0.264 e. The summed E-state index contributed by atoms with van der Waals surface area (Å²) in [7, 11) is -3.75. The maximum atomic E-state index is 13.1. The Labute approximate surface area is 190 Å². The molecular formula is C26H28N2O3S. The topological polar surface area (TPSA) is 66.5 Å². The number of hydrogen-bond donors (Lipinski definition) is 1. The molecule has 0 spiro atoms. The van der Waals surface area contributed by atoms with E-state index in [1.54, 1.807) is 54.6 Å². The lowest BCUT2D eigenvalue weighted by atomic mass is 9.99. The SMILES string of the molecule is C=CCN(c1ccc(C(=O)N[C@H](CC)c2ccccc2C)cc1)S(=O)(=O)c1ccccc1. The molecule has 3 aromatic carbocycles. The van der Waals surface area contributed by atoms with Crippen molar-refractivity contribution in [3.63, 3.8) is 0 Å². The minimum atomic E-state index is -3.75. The van der Waals surface area contributed by atoms with E-state index < -0.39 is 10.0 Å². The summed E-state index contributed by atoms with van der Waals surface area (Å²) < 4.78 is 27.5. The predicted octanol–water partition coefficient (Wildman–Crippen LogP) is 5.26. The van der Waals surface area contributed by atoms with Crippen molar-refractivity contribution in [1.82, 2.24) is 5.32 Å². The van der Waals surface area contributed by atoms with Crippen LogP contribution in [0.25, 0.3) is 0 Å². The molecule has 5 nitrogen and oxygen atoms in total. The van der Waals surface area contributed by atoms with Gasteiger partial charge in [-0.2, -0.15) is 0 Å². The molecule has 1 amide bonds. The van der Waals surface area contributed by atoms with E-state index in [2.05, 4.69) is 11.9 Å². The monoisotopic (exact) mass is 448 g/mol. The number of amides is 1. The Kier molecular flexibility index (Phi) is 7.49.